The van der Waals surface area contributed by atoms with Crippen molar-refractivity contribution in [3.05, 3.63) is 29.8 Å². The van der Waals surface area contributed by atoms with Gasteiger partial charge in [-0.25, -0.2) is 0 Å². The maximum absolute atomic E-state index is 12.1. The molecule has 0 aromatic heterocycles. The van der Waals surface area contributed by atoms with Gasteiger partial charge in [0.05, 0.1) is 10.8 Å². The second-order valence-corrected chi connectivity index (χ2v) is 5.71. The van der Waals surface area contributed by atoms with Crippen LogP contribution in [0.5, 0.6) is 0 Å². The summed E-state index contributed by atoms with van der Waals surface area (Å²) >= 11 is 0. The van der Waals surface area contributed by atoms with Crippen molar-refractivity contribution in [2.45, 2.75) is 43.3 Å². The van der Waals surface area contributed by atoms with E-state index in [1.54, 1.807) is 12.1 Å². The molecule has 0 aliphatic heterocycles. The first-order chi connectivity index (χ1) is 8.06. The van der Waals surface area contributed by atoms with E-state index in [1.807, 2.05) is 26.0 Å². The third-order valence-corrected chi connectivity index (χ3v) is 4.30. The summed E-state index contributed by atoms with van der Waals surface area (Å²) < 4.78 is 12.1. The molecule has 0 saturated heterocycles. The van der Waals surface area contributed by atoms with E-state index in [-0.39, 0.29) is 0 Å². The van der Waals surface area contributed by atoms with Crippen LogP contribution in [0.3, 0.4) is 0 Å². The molecule has 0 saturated carbocycles. The maximum Gasteiger partial charge on any atom is 0.319 e. The lowest BCUT2D eigenvalue weighted by atomic mass is 10.2. The van der Waals surface area contributed by atoms with Crippen LogP contribution in [-0.2, 0) is 15.6 Å². The second kappa shape index (κ2) is 6.55. The van der Waals surface area contributed by atoms with E-state index in [2.05, 4.69) is 0 Å². The molecule has 0 bridgehead atoms. The van der Waals surface area contributed by atoms with Gasteiger partial charge >= 0.3 is 5.97 Å². The third-order valence-electron chi connectivity index (χ3n) is 2.61. The molecule has 3 nitrogen and oxygen atoms in total. The highest BCUT2D eigenvalue weighted by molar-refractivity contribution is 7.86. The average molecular weight is 254 g/mol. The summed E-state index contributed by atoms with van der Waals surface area (Å²) in [6.45, 7) is 3.94. The molecule has 0 heterocycles. The molecular formula is C13H18O3S. The second-order valence-electron chi connectivity index (χ2n) is 4.08. The van der Waals surface area contributed by atoms with Crippen LogP contribution < -0.4 is 0 Å². The van der Waals surface area contributed by atoms with Crippen molar-refractivity contribution in [1.82, 2.24) is 0 Å². The lowest BCUT2D eigenvalue weighted by Gasteiger charge is -2.11. The molecule has 1 rings (SSSR count). The Labute approximate surface area is 104 Å². The molecule has 0 amide bonds. The minimum atomic E-state index is -1.46. The topological polar surface area (TPSA) is 54.4 Å². The zero-order valence-electron chi connectivity index (χ0n) is 10.2. The van der Waals surface area contributed by atoms with E-state index in [9.17, 15) is 9.00 Å². The minimum absolute atomic E-state index is 0.465. The molecule has 0 aliphatic carbocycles. The first-order valence-corrected chi connectivity index (χ1v) is 6.97. The molecule has 0 radical (unpaired) electrons. The van der Waals surface area contributed by atoms with Gasteiger partial charge in [0, 0.05) is 4.90 Å². The zero-order chi connectivity index (χ0) is 12.8. The van der Waals surface area contributed by atoms with Crippen molar-refractivity contribution in [3.63, 3.8) is 0 Å². The number of benzene rings is 1. The molecule has 1 aromatic carbocycles. The first-order valence-electron chi connectivity index (χ1n) is 5.76. The number of aliphatic carboxylic acids is 1. The van der Waals surface area contributed by atoms with Gasteiger partial charge in [0.25, 0.3) is 0 Å². The zero-order valence-corrected chi connectivity index (χ0v) is 11.0. The lowest BCUT2D eigenvalue weighted by molar-refractivity contribution is -0.136. The molecule has 4 heteroatoms. The molecule has 1 aromatic rings. The van der Waals surface area contributed by atoms with Crippen LogP contribution >= 0.6 is 0 Å². The smallest absolute Gasteiger partial charge is 0.319 e. The van der Waals surface area contributed by atoms with Gasteiger partial charge in [-0.2, -0.15) is 0 Å². The number of rotatable bonds is 6. The predicted molar refractivity (Wildman–Crippen MR) is 68.5 cm³/mol. The molecule has 2 unspecified atom stereocenters. The van der Waals surface area contributed by atoms with E-state index in [0.717, 1.165) is 18.4 Å². The fourth-order valence-electron chi connectivity index (χ4n) is 1.55. The van der Waals surface area contributed by atoms with Crippen molar-refractivity contribution >= 4 is 16.8 Å². The number of carboxylic acid groups (broad SMARTS) is 1. The SMILES string of the molecule is CCCCC(C(=O)O)S(=O)c1ccc(C)cc1. The van der Waals surface area contributed by atoms with Crippen LogP contribution in [0.1, 0.15) is 31.7 Å². The van der Waals surface area contributed by atoms with Crippen LogP contribution in [0.2, 0.25) is 0 Å². The highest BCUT2D eigenvalue weighted by Gasteiger charge is 2.25. The van der Waals surface area contributed by atoms with Gasteiger partial charge in [0.15, 0.2) is 0 Å². The van der Waals surface area contributed by atoms with Crippen molar-refractivity contribution in [1.29, 1.82) is 0 Å². The first kappa shape index (κ1) is 13.9. The Kier molecular flexibility index (Phi) is 5.35. The average Bonchev–Trinajstić information content (AvgIpc) is 2.29. The number of hydrogen-bond acceptors (Lipinski definition) is 2. The summed E-state index contributed by atoms with van der Waals surface area (Å²) in [4.78, 5) is 11.7. The standard InChI is InChI=1S/C13H18O3S/c1-3-4-5-12(13(14)15)17(16)11-8-6-10(2)7-9-11/h6-9,12H,3-5H2,1-2H3,(H,14,15). The number of unbranched alkanes of at least 4 members (excludes halogenated alkanes) is 1. The molecule has 1 N–H and O–H groups in total. The summed E-state index contributed by atoms with van der Waals surface area (Å²) in [5.41, 5.74) is 1.08. The molecule has 17 heavy (non-hydrogen) atoms. The van der Waals surface area contributed by atoms with E-state index in [4.69, 9.17) is 5.11 Å². The third kappa shape index (κ3) is 3.97. The largest absolute Gasteiger partial charge is 0.480 e. The number of hydrogen-bond donors (Lipinski definition) is 1. The van der Waals surface area contributed by atoms with Crippen molar-refractivity contribution in [2.75, 3.05) is 0 Å². The quantitative estimate of drug-likeness (QED) is 0.849. The Hall–Kier alpha value is -1.16. The van der Waals surface area contributed by atoms with Crippen molar-refractivity contribution < 1.29 is 14.1 Å². The van der Waals surface area contributed by atoms with Crippen LogP contribution in [0.25, 0.3) is 0 Å². The Balaban J connectivity index is 2.84. The predicted octanol–water partition coefficient (Wildman–Crippen LogP) is 2.75. The Morgan fingerprint density at radius 1 is 1.35 bits per heavy atom. The Morgan fingerprint density at radius 2 is 1.94 bits per heavy atom. The van der Waals surface area contributed by atoms with E-state index < -0.39 is 22.0 Å². The highest BCUT2D eigenvalue weighted by Crippen LogP contribution is 2.17. The summed E-state index contributed by atoms with van der Waals surface area (Å²) in [5.74, 6) is -0.975. The normalized spacial score (nSPS) is 14.2. The van der Waals surface area contributed by atoms with Gasteiger partial charge in [-0.3, -0.25) is 9.00 Å². The van der Waals surface area contributed by atoms with Crippen LogP contribution in [0, 0.1) is 6.92 Å². The van der Waals surface area contributed by atoms with E-state index in [1.165, 1.54) is 0 Å². The lowest BCUT2D eigenvalue weighted by Crippen LogP contribution is -2.25. The van der Waals surface area contributed by atoms with Crippen molar-refractivity contribution in [3.8, 4) is 0 Å². The molecular weight excluding hydrogens is 236 g/mol. The van der Waals surface area contributed by atoms with Crippen LogP contribution in [0.4, 0.5) is 0 Å². The number of aryl methyl sites for hydroxylation is 1. The van der Waals surface area contributed by atoms with Gasteiger partial charge in [-0.05, 0) is 25.5 Å². The van der Waals surface area contributed by atoms with Gasteiger partial charge in [0.2, 0.25) is 0 Å². The van der Waals surface area contributed by atoms with Gasteiger partial charge in [-0.1, -0.05) is 37.5 Å². The monoisotopic (exact) mass is 254 g/mol. The van der Waals surface area contributed by atoms with Gasteiger partial charge in [0.1, 0.15) is 5.25 Å². The van der Waals surface area contributed by atoms with E-state index >= 15 is 0 Å². The molecule has 0 fully saturated rings. The minimum Gasteiger partial charge on any atom is -0.480 e. The van der Waals surface area contributed by atoms with Crippen LogP contribution in [0.15, 0.2) is 29.2 Å². The summed E-state index contributed by atoms with van der Waals surface area (Å²) in [5, 5.41) is 8.30. The summed E-state index contributed by atoms with van der Waals surface area (Å²) in [6.07, 6.45) is 2.16. The summed E-state index contributed by atoms with van der Waals surface area (Å²) in [6, 6.07) is 7.19. The maximum atomic E-state index is 12.1. The highest BCUT2D eigenvalue weighted by atomic mass is 32.2. The molecule has 0 spiro atoms. The number of carbonyl (C=O) groups is 1. The molecule has 0 aliphatic rings. The fourth-order valence-corrected chi connectivity index (χ4v) is 2.84. The Morgan fingerprint density at radius 3 is 2.41 bits per heavy atom. The number of carboxylic acids is 1. The van der Waals surface area contributed by atoms with E-state index in [0.29, 0.717) is 11.3 Å². The van der Waals surface area contributed by atoms with Gasteiger partial charge < -0.3 is 5.11 Å². The van der Waals surface area contributed by atoms with Crippen molar-refractivity contribution in [2.24, 2.45) is 0 Å². The molecule has 2 atom stereocenters. The molecule has 94 valence electrons. The fraction of sp³-hybridized carbons (Fsp3) is 0.462. The summed E-state index contributed by atoms with van der Waals surface area (Å²) in [7, 11) is -1.46. The van der Waals surface area contributed by atoms with Gasteiger partial charge in [-0.15, -0.1) is 0 Å². The van der Waals surface area contributed by atoms with Crippen LogP contribution in [-0.4, -0.2) is 20.5 Å². The Bertz CT molecular complexity index is 398.